The fourth-order valence-corrected chi connectivity index (χ4v) is 5.86. The van der Waals surface area contributed by atoms with Gasteiger partial charge < -0.3 is 20.8 Å². The van der Waals surface area contributed by atoms with Crippen LogP contribution in [0.5, 0.6) is 11.5 Å². The minimum absolute atomic E-state index is 0.00543. The second kappa shape index (κ2) is 14.6. The average Bonchev–Trinajstić information content (AvgIpc) is 3.09. The van der Waals surface area contributed by atoms with Gasteiger partial charge in [0.15, 0.2) is 5.78 Å². The maximum atomic E-state index is 14.7. The van der Waals surface area contributed by atoms with E-state index < -0.39 is 46.0 Å². The molecule has 0 aliphatic heterocycles. The molecule has 0 saturated carbocycles. The first-order valence-electron chi connectivity index (χ1n) is 16.8. The van der Waals surface area contributed by atoms with Crippen LogP contribution in [-0.2, 0) is 5.41 Å². The van der Waals surface area contributed by atoms with Gasteiger partial charge in [-0.3, -0.25) is 9.59 Å². The Balaban J connectivity index is 1.61. The van der Waals surface area contributed by atoms with Crippen molar-refractivity contribution in [3.05, 3.63) is 107 Å². The SMILES string of the molecule is CCC(C)(CC)Nc1ccc(-c2ccc(NC(=O)c3ccc(C(c4ccc(C(=O)C(C)(C)CC)cc4)(C(F)(F)F)C(F)(F)F)cc3)c(O)c2)cc1O. The molecule has 0 spiro atoms. The maximum absolute atomic E-state index is 14.7. The molecule has 0 radical (unpaired) electrons. The highest BCUT2D eigenvalue weighted by molar-refractivity contribution is 6.05. The Bertz CT molecular complexity index is 1900. The first kappa shape index (κ1) is 39.8. The van der Waals surface area contributed by atoms with Gasteiger partial charge in [-0.05, 0) is 84.8 Å². The standard InChI is InChI=1S/C40H42F6N2O4/c1-7-36(4,5)34(51)24-10-16-28(17-11-24)38(39(41,42)43,40(44,45)46)29-18-12-25(13-19-29)35(52)47-30-20-14-26(22-32(30)49)27-15-21-31(33(50)23-27)48-37(6,8-2)9-3/h10-23,48-50H,7-9H2,1-6H3,(H,47,52). The Morgan fingerprint density at radius 3 is 1.40 bits per heavy atom. The molecule has 278 valence electrons. The molecule has 0 bridgehead atoms. The molecule has 12 heteroatoms. The number of halogens is 6. The first-order chi connectivity index (χ1) is 24.1. The number of phenols is 2. The summed E-state index contributed by atoms with van der Waals surface area (Å²) < 4.78 is 88.3. The number of alkyl halides is 6. The van der Waals surface area contributed by atoms with Crippen molar-refractivity contribution in [3.8, 4) is 22.6 Å². The Labute approximate surface area is 298 Å². The summed E-state index contributed by atoms with van der Waals surface area (Å²) in [5.41, 5.74) is -6.65. The lowest BCUT2D eigenvalue weighted by atomic mass is 9.72. The zero-order valence-corrected chi connectivity index (χ0v) is 29.7. The second-order valence-corrected chi connectivity index (χ2v) is 13.8. The van der Waals surface area contributed by atoms with Crippen LogP contribution in [0.4, 0.5) is 37.7 Å². The maximum Gasteiger partial charge on any atom is 0.411 e. The van der Waals surface area contributed by atoms with E-state index in [1.165, 1.54) is 18.2 Å². The number of hydrogen-bond acceptors (Lipinski definition) is 5. The number of amides is 1. The number of ketones is 1. The monoisotopic (exact) mass is 728 g/mol. The molecule has 52 heavy (non-hydrogen) atoms. The van der Waals surface area contributed by atoms with Gasteiger partial charge in [-0.15, -0.1) is 0 Å². The van der Waals surface area contributed by atoms with Gasteiger partial charge in [0.2, 0.25) is 5.41 Å². The molecule has 0 fully saturated rings. The number of carbonyl (C=O) groups excluding carboxylic acids is 2. The van der Waals surface area contributed by atoms with E-state index in [1.54, 1.807) is 39.0 Å². The van der Waals surface area contributed by atoms with E-state index in [4.69, 9.17) is 0 Å². The van der Waals surface area contributed by atoms with Crippen LogP contribution in [-0.4, -0.2) is 39.8 Å². The van der Waals surface area contributed by atoms with Crippen LogP contribution in [0.25, 0.3) is 11.1 Å². The van der Waals surface area contributed by atoms with Crippen LogP contribution >= 0.6 is 0 Å². The molecule has 4 aromatic rings. The van der Waals surface area contributed by atoms with Gasteiger partial charge >= 0.3 is 12.4 Å². The van der Waals surface area contributed by atoms with Gasteiger partial charge in [-0.25, -0.2) is 0 Å². The molecule has 4 rings (SSSR count). The zero-order valence-electron chi connectivity index (χ0n) is 29.7. The Kier molecular flexibility index (Phi) is 11.1. The van der Waals surface area contributed by atoms with Crippen LogP contribution in [0.1, 0.15) is 92.6 Å². The molecule has 4 aromatic carbocycles. The number of Topliss-reactive ketones (excluding diaryl/α,β-unsaturated/α-hetero) is 1. The third kappa shape index (κ3) is 7.61. The summed E-state index contributed by atoms with van der Waals surface area (Å²) in [5.74, 6) is -1.70. The van der Waals surface area contributed by atoms with Crippen LogP contribution in [0, 0.1) is 5.41 Å². The topological polar surface area (TPSA) is 98.7 Å². The molecule has 0 saturated heterocycles. The number of anilines is 2. The summed E-state index contributed by atoms with van der Waals surface area (Å²) in [6.07, 6.45) is -9.67. The van der Waals surface area contributed by atoms with Crippen molar-refractivity contribution in [2.45, 2.75) is 84.1 Å². The van der Waals surface area contributed by atoms with Gasteiger partial charge in [0.05, 0.1) is 11.4 Å². The normalized spacial score (nSPS) is 12.8. The van der Waals surface area contributed by atoms with Crippen molar-refractivity contribution in [3.63, 3.8) is 0 Å². The number of aromatic hydroxyl groups is 2. The van der Waals surface area contributed by atoms with E-state index in [-0.39, 0.29) is 33.9 Å². The highest BCUT2D eigenvalue weighted by atomic mass is 19.4. The molecule has 0 atom stereocenters. The third-order valence-corrected chi connectivity index (χ3v) is 10.1. The molecule has 4 N–H and O–H groups in total. The van der Waals surface area contributed by atoms with Crippen LogP contribution < -0.4 is 10.6 Å². The lowest BCUT2D eigenvalue weighted by molar-refractivity contribution is -0.288. The van der Waals surface area contributed by atoms with Gasteiger partial charge in [0.1, 0.15) is 11.5 Å². The number of benzene rings is 4. The van der Waals surface area contributed by atoms with Crippen LogP contribution in [0.3, 0.4) is 0 Å². The number of hydrogen-bond donors (Lipinski definition) is 4. The molecule has 0 aliphatic rings. The van der Waals surface area contributed by atoms with Crippen molar-refractivity contribution in [2.75, 3.05) is 10.6 Å². The van der Waals surface area contributed by atoms with E-state index in [9.17, 15) is 46.1 Å². The van der Waals surface area contributed by atoms with Gasteiger partial charge in [-0.1, -0.05) is 83.1 Å². The number of phenolic OH excluding ortho intramolecular Hbond substituents is 2. The van der Waals surface area contributed by atoms with Crippen LogP contribution in [0.2, 0.25) is 0 Å². The lowest BCUT2D eigenvalue weighted by Gasteiger charge is -2.38. The minimum Gasteiger partial charge on any atom is -0.506 e. The Hall–Kier alpha value is -5.00. The largest absolute Gasteiger partial charge is 0.506 e. The van der Waals surface area contributed by atoms with E-state index in [1.807, 2.05) is 20.8 Å². The summed E-state index contributed by atoms with van der Waals surface area (Å²) in [6, 6.07) is 15.3. The molecular formula is C40H42F6N2O4. The smallest absolute Gasteiger partial charge is 0.411 e. The first-order valence-corrected chi connectivity index (χ1v) is 16.8. The number of rotatable bonds is 12. The Morgan fingerprint density at radius 1 is 0.596 bits per heavy atom. The molecule has 0 aliphatic carbocycles. The van der Waals surface area contributed by atoms with E-state index in [0.717, 1.165) is 37.1 Å². The molecule has 0 heterocycles. The second-order valence-electron chi connectivity index (χ2n) is 13.8. The average molecular weight is 729 g/mol. The molecular weight excluding hydrogens is 686 g/mol. The fourth-order valence-electron chi connectivity index (χ4n) is 5.86. The summed E-state index contributed by atoms with van der Waals surface area (Å²) >= 11 is 0. The van der Waals surface area contributed by atoms with E-state index in [0.29, 0.717) is 47.5 Å². The van der Waals surface area contributed by atoms with Crippen molar-refractivity contribution in [2.24, 2.45) is 5.41 Å². The van der Waals surface area contributed by atoms with Crippen molar-refractivity contribution >= 4 is 23.1 Å². The summed E-state index contributed by atoms with van der Waals surface area (Å²) in [4.78, 5) is 25.9. The van der Waals surface area contributed by atoms with Crippen molar-refractivity contribution in [1.82, 2.24) is 0 Å². The molecule has 6 nitrogen and oxygen atoms in total. The van der Waals surface area contributed by atoms with Gasteiger partial charge in [-0.2, -0.15) is 26.3 Å². The van der Waals surface area contributed by atoms with Crippen LogP contribution in [0.15, 0.2) is 84.9 Å². The zero-order chi connectivity index (χ0) is 38.9. The van der Waals surface area contributed by atoms with Crippen molar-refractivity contribution < 1.29 is 46.1 Å². The minimum atomic E-state index is -5.87. The number of carbonyl (C=O) groups is 2. The summed E-state index contributed by atoms with van der Waals surface area (Å²) in [5, 5.41) is 27.1. The van der Waals surface area contributed by atoms with Gasteiger partial charge in [0, 0.05) is 22.1 Å². The molecule has 1 amide bonds. The third-order valence-electron chi connectivity index (χ3n) is 10.1. The highest BCUT2D eigenvalue weighted by Gasteiger charge is 2.72. The molecule has 0 aromatic heterocycles. The van der Waals surface area contributed by atoms with E-state index >= 15 is 0 Å². The quantitative estimate of drug-likeness (QED) is 0.0661. The van der Waals surface area contributed by atoms with Crippen molar-refractivity contribution in [1.29, 1.82) is 0 Å². The molecule has 0 unspecified atom stereocenters. The lowest BCUT2D eigenvalue weighted by Crippen LogP contribution is -2.54. The highest BCUT2D eigenvalue weighted by Crippen LogP contribution is 2.56. The Morgan fingerprint density at radius 2 is 1.02 bits per heavy atom. The summed E-state index contributed by atoms with van der Waals surface area (Å²) in [6.45, 7) is 11.1. The van der Waals surface area contributed by atoms with Gasteiger partial charge in [0.25, 0.3) is 5.91 Å². The number of nitrogens with one attached hydrogen (secondary N) is 2. The summed E-state index contributed by atoms with van der Waals surface area (Å²) in [7, 11) is 0. The predicted molar refractivity (Wildman–Crippen MR) is 190 cm³/mol. The predicted octanol–water partition coefficient (Wildman–Crippen LogP) is 11.0. The fraction of sp³-hybridized carbons (Fsp3) is 0.350. The van der Waals surface area contributed by atoms with E-state index in [2.05, 4.69) is 10.6 Å².